The Hall–Kier alpha value is -1.60. The van der Waals surface area contributed by atoms with Crippen LogP contribution in [-0.2, 0) is 5.54 Å². The van der Waals surface area contributed by atoms with Crippen molar-refractivity contribution in [3.05, 3.63) is 60.2 Å². The fraction of sp³-hybridized carbons (Fsp3) is 0.400. The third-order valence-corrected chi connectivity index (χ3v) is 4.84. The van der Waals surface area contributed by atoms with E-state index < -0.39 is 0 Å². The molecule has 1 nitrogen and oxygen atoms in total. The van der Waals surface area contributed by atoms with Crippen LogP contribution in [0, 0.1) is 5.41 Å². The van der Waals surface area contributed by atoms with Crippen LogP contribution in [0.15, 0.2) is 54.6 Å². The molecule has 1 heteroatoms. The minimum Gasteiger partial charge on any atom is -0.321 e. The first-order valence-electron chi connectivity index (χ1n) is 7.93. The number of benzene rings is 2. The van der Waals surface area contributed by atoms with Gasteiger partial charge in [-0.15, -0.1) is 0 Å². The summed E-state index contributed by atoms with van der Waals surface area (Å²) in [7, 11) is 0. The highest BCUT2D eigenvalue weighted by Crippen LogP contribution is 2.44. The van der Waals surface area contributed by atoms with Gasteiger partial charge in [-0.2, -0.15) is 0 Å². The lowest BCUT2D eigenvalue weighted by Crippen LogP contribution is -2.44. The van der Waals surface area contributed by atoms with Gasteiger partial charge in [0.25, 0.3) is 0 Å². The maximum Gasteiger partial charge on any atom is 0.0414 e. The first kappa shape index (κ1) is 14.3. The quantitative estimate of drug-likeness (QED) is 0.812. The van der Waals surface area contributed by atoms with Crippen LogP contribution >= 0.6 is 0 Å². The van der Waals surface area contributed by atoms with Gasteiger partial charge < -0.3 is 5.73 Å². The van der Waals surface area contributed by atoms with Gasteiger partial charge in [0.15, 0.2) is 0 Å². The van der Waals surface area contributed by atoms with E-state index in [1.54, 1.807) is 0 Å². The predicted octanol–water partition coefficient (Wildman–Crippen LogP) is 5.11. The molecular weight excluding hydrogens is 254 g/mol. The molecule has 1 aliphatic rings. The van der Waals surface area contributed by atoms with Crippen molar-refractivity contribution in [2.75, 3.05) is 0 Å². The molecule has 0 aromatic heterocycles. The van der Waals surface area contributed by atoms with Gasteiger partial charge in [0.1, 0.15) is 0 Å². The molecule has 1 aliphatic carbocycles. The maximum absolute atomic E-state index is 6.74. The van der Waals surface area contributed by atoms with Gasteiger partial charge in [0, 0.05) is 5.54 Å². The zero-order valence-electron chi connectivity index (χ0n) is 13.1. The fourth-order valence-electron chi connectivity index (χ4n) is 3.78. The van der Waals surface area contributed by atoms with E-state index in [1.165, 1.54) is 29.5 Å². The molecule has 2 aromatic carbocycles. The number of hydrogen-bond donors (Lipinski definition) is 1. The molecule has 1 saturated carbocycles. The minimum absolute atomic E-state index is 0.156. The van der Waals surface area contributed by atoms with Crippen LogP contribution in [0.25, 0.3) is 11.1 Å². The topological polar surface area (TPSA) is 26.0 Å². The zero-order chi connectivity index (χ0) is 14.9. The van der Waals surface area contributed by atoms with Gasteiger partial charge in [-0.25, -0.2) is 0 Å². The van der Waals surface area contributed by atoms with E-state index in [4.69, 9.17) is 5.73 Å². The molecule has 3 rings (SSSR count). The monoisotopic (exact) mass is 279 g/mol. The summed E-state index contributed by atoms with van der Waals surface area (Å²) in [6.07, 6.45) is 4.68. The zero-order valence-corrected chi connectivity index (χ0v) is 13.1. The molecule has 0 amide bonds. The van der Waals surface area contributed by atoms with E-state index in [2.05, 4.69) is 68.4 Å². The summed E-state index contributed by atoms with van der Waals surface area (Å²) in [4.78, 5) is 0. The average Bonchev–Trinajstić information content (AvgIpc) is 2.47. The Morgan fingerprint density at radius 1 is 0.810 bits per heavy atom. The molecular formula is C20H25N. The Bertz CT molecular complexity index is 597. The molecule has 0 radical (unpaired) electrons. The average molecular weight is 279 g/mol. The molecule has 0 spiro atoms. The van der Waals surface area contributed by atoms with E-state index in [0.717, 1.165) is 12.8 Å². The van der Waals surface area contributed by atoms with Gasteiger partial charge in [-0.1, -0.05) is 74.9 Å². The van der Waals surface area contributed by atoms with Crippen LogP contribution in [0.2, 0.25) is 0 Å². The summed E-state index contributed by atoms with van der Waals surface area (Å²) in [6, 6.07) is 19.4. The van der Waals surface area contributed by atoms with E-state index in [9.17, 15) is 0 Å². The third-order valence-electron chi connectivity index (χ3n) is 4.84. The molecule has 1 atom stereocenters. The number of rotatable bonds is 2. The minimum atomic E-state index is -0.156. The summed E-state index contributed by atoms with van der Waals surface area (Å²) >= 11 is 0. The van der Waals surface area contributed by atoms with Crippen molar-refractivity contribution in [3.8, 4) is 11.1 Å². The summed E-state index contributed by atoms with van der Waals surface area (Å²) in [6.45, 7) is 4.68. The third kappa shape index (κ3) is 3.03. The summed E-state index contributed by atoms with van der Waals surface area (Å²) in [5, 5.41) is 0. The van der Waals surface area contributed by atoms with Gasteiger partial charge in [-0.05, 0) is 41.4 Å². The van der Waals surface area contributed by atoms with Crippen molar-refractivity contribution in [3.63, 3.8) is 0 Å². The van der Waals surface area contributed by atoms with Crippen molar-refractivity contribution < 1.29 is 0 Å². The van der Waals surface area contributed by atoms with Gasteiger partial charge in [0.2, 0.25) is 0 Å². The van der Waals surface area contributed by atoms with Gasteiger partial charge in [0.05, 0.1) is 0 Å². The molecule has 1 unspecified atom stereocenters. The summed E-state index contributed by atoms with van der Waals surface area (Å²) < 4.78 is 0. The SMILES string of the molecule is CC1(C)CCCC(N)(c2ccc(-c3ccccc3)cc2)C1. The van der Waals surface area contributed by atoms with E-state index in [1.807, 2.05) is 0 Å². The Labute approximate surface area is 128 Å². The first-order chi connectivity index (χ1) is 9.99. The standard InChI is InChI=1S/C20H25N/c1-19(2)13-6-14-20(21,15-19)18-11-9-17(10-12-18)16-7-4-3-5-8-16/h3-5,7-12H,6,13-15,21H2,1-2H3. The predicted molar refractivity (Wildman–Crippen MR) is 90.0 cm³/mol. The van der Waals surface area contributed by atoms with Gasteiger partial charge >= 0.3 is 0 Å². The molecule has 0 aliphatic heterocycles. The Morgan fingerprint density at radius 3 is 2.05 bits per heavy atom. The van der Waals surface area contributed by atoms with Crippen molar-refractivity contribution in [1.82, 2.24) is 0 Å². The first-order valence-corrected chi connectivity index (χ1v) is 7.93. The van der Waals surface area contributed by atoms with Crippen molar-refractivity contribution in [1.29, 1.82) is 0 Å². The normalized spacial score (nSPS) is 24.7. The lowest BCUT2D eigenvalue weighted by atomic mass is 9.66. The van der Waals surface area contributed by atoms with Crippen LogP contribution in [0.3, 0.4) is 0 Å². The number of hydrogen-bond acceptors (Lipinski definition) is 1. The molecule has 1 fully saturated rings. The summed E-state index contributed by atoms with van der Waals surface area (Å²) in [5.74, 6) is 0. The van der Waals surface area contributed by atoms with Crippen LogP contribution in [0.1, 0.15) is 45.1 Å². The van der Waals surface area contributed by atoms with E-state index in [0.29, 0.717) is 5.41 Å². The summed E-state index contributed by atoms with van der Waals surface area (Å²) in [5.41, 5.74) is 10.8. The smallest absolute Gasteiger partial charge is 0.0414 e. The van der Waals surface area contributed by atoms with Crippen molar-refractivity contribution in [2.24, 2.45) is 11.1 Å². The Kier molecular flexibility index (Phi) is 3.62. The Morgan fingerprint density at radius 2 is 1.43 bits per heavy atom. The lowest BCUT2D eigenvalue weighted by molar-refractivity contribution is 0.151. The van der Waals surface area contributed by atoms with Gasteiger partial charge in [-0.3, -0.25) is 0 Å². The molecule has 2 aromatic rings. The lowest BCUT2D eigenvalue weighted by Gasteiger charge is -2.43. The van der Waals surface area contributed by atoms with E-state index in [-0.39, 0.29) is 5.54 Å². The second-order valence-electron chi connectivity index (χ2n) is 7.29. The maximum atomic E-state index is 6.74. The number of nitrogens with two attached hydrogens (primary N) is 1. The molecule has 2 N–H and O–H groups in total. The van der Waals surface area contributed by atoms with Crippen LogP contribution in [0.4, 0.5) is 0 Å². The molecule has 110 valence electrons. The largest absolute Gasteiger partial charge is 0.321 e. The fourth-order valence-corrected chi connectivity index (χ4v) is 3.78. The molecule has 21 heavy (non-hydrogen) atoms. The highest BCUT2D eigenvalue weighted by molar-refractivity contribution is 5.63. The molecule has 0 saturated heterocycles. The highest BCUT2D eigenvalue weighted by atomic mass is 14.8. The molecule has 0 bridgehead atoms. The van der Waals surface area contributed by atoms with Crippen molar-refractivity contribution >= 4 is 0 Å². The van der Waals surface area contributed by atoms with E-state index >= 15 is 0 Å². The highest BCUT2D eigenvalue weighted by Gasteiger charge is 2.38. The molecule has 0 heterocycles. The second kappa shape index (κ2) is 5.31. The van der Waals surface area contributed by atoms with Crippen LogP contribution < -0.4 is 5.73 Å². The van der Waals surface area contributed by atoms with Crippen LogP contribution in [0.5, 0.6) is 0 Å². The van der Waals surface area contributed by atoms with Crippen LogP contribution in [-0.4, -0.2) is 0 Å². The van der Waals surface area contributed by atoms with Crippen molar-refractivity contribution in [2.45, 2.75) is 45.1 Å². The second-order valence-corrected chi connectivity index (χ2v) is 7.29. The Balaban J connectivity index is 1.87.